The molecule has 1 atom stereocenters. The van der Waals surface area contributed by atoms with Gasteiger partial charge in [-0.2, -0.15) is 0 Å². The second-order valence-corrected chi connectivity index (χ2v) is 5.79. The van der Waals surface area contributed by atoms with Crippen molar-refractivity contribution in [3.63, 3.8) is 0 Å². The summed E-state index contributed by atoms with van der Waals surface area (Å²) in [5.74, 6) is 0.132. The summed E-state index contributed by atoms with van der Waals surface area (Å²) >= 11 is 4.95. The van der Waals surface area contributed by atoms with Crippen LogP contribution in [0.25, 0.3) is 0 Å². The largest absolute Gasteiger partial charge is 0.488 e. The van der Waals surface area contributed by atoms with Crippen LogP contribution < -0.4 is 4.74 Å². The molecule has 1 aromatic carbocycles. The molecule has 0 saturated carbocycles. The first kappa shape index (κ1) is 13.5. The van der Waals surface area contributed by atoms with E-state index in [2.05, 4.69) is 15.9 Å². The van der Waals surface area contributed by atoms with Gasteiger partial charge in [0.25, 0.3) is 0 Å². The number of ether oxygens (including phenoxy) is 1. The van der Waals surface area contributed by atoms with Gasteiger partial charge in [0.1, 0.15) is 18.2 Å². The molecule has 2 rings (SSSR count). The summed E-state index contributed by atoms with van der Waals surface area (Å²) in [7, 11) is 0. The smallest absolute Gasteiger partial charge is 0.125 e. The van der Waals surface area contributed by atoms with Crippen molar-refractivity contribution in [1.82, 2.24) is 0 Å². The summed E-state index contributed by atoms with van der Waals surface area (Å²) in [6.45, 7) is 1.99. The van der Waals surface area contributed by atoms with Gasteiger partial charge in [0.05, 0.1) is 6.10 Å². The van der Waals surface area contributed by atoms with Crippen molar-refractivity contribution in [2.24, 2.45) is 0 Å². The van der Waals surface area contributed by atoms with Crippen LogP contribution in [-0.2, 0) is 6.61 Å². The number of hydrogen-bond donors (Lipinski definition) is 1. The highest BCUT2D eigenvalue weighted by Gasteiger charge is 2.11. The van der Waals surface area contributed by atoms with Gasteiger partial charge in [-0.25, -0.2) is 4.39 Å². The minimum absolute atomic E-state index is 0.378. The highest BCUT2D eigenvalue weighted by Crippen LogP contribution is 2.28. The van der Waals surface area contributed by atoms with E-state index in [1.165, 1.54) is 12.1 Å². The maximum Gasteiger partial charge on any atom is 0.125 e. The zero-order valence-corrected chi connectivity index (χ0v) is 12.1. The van der Waals surface area contributed by atoms with E-state index in [1.807, 2.05) is 11.4 Å². The monoisotopic (exact) mass is 330 g/mol. The Morgan fingerprint density at radius 3 is 2.83 bits per heavy atom. The van der Waals surface area contributed by atoms with Crippen molar-refractivity contribution in [3.8, 4) is 5.75 Å². The van der Waals surface area contributed by atoms with Gasteiger partial charge in [-0.05, 0) is 47.1 Å². The quantitative estimate of drug-likeness (QED) is 0.906. The third-order valence-electron chi connectivity index (χ3n) is 2.41. The molecule has 0 spiro atoms. The lowest BCUT2D eigenvalue weighted by molar-refractivity contribution is 0.189. The Labute approximate surface area is 117 Å². The maximum atomic E-state index is 13.1. The second-order valence-electron chi connectivity index (χ2n) is 3.88. The molecule has 1 aromatic heterocycles. The summed E-state index contributed by atoms with van der Waals surface area (Å²) in [5, 5.41) is 11.5. The van der Waals surface area contributed by atoms with E-state index in [0.717, 1.165) is 9.35 Å². The van der Waals surface area contributed by atoms with E-state index in [-0.39, 0.29) is 5.82 Å². The summed E-state index contributed by atoms with van der Waals surface area (Å²) in [6, 6.07) is 6.13. The summed E-state index contributed by atoms with van der Waals surface area (Å²) < 4.78 is 19.7. The van der Waals surface area contributed by atoms with Gasteiger partial charge in [0.15, 0.2) is 0 Å². The molecular weight excluding hydrogens is 319 g/mol. The molecule has 1 heterocycles. The molecule has 2 nitrogen and oxygen atoms in total. The molecule has 0 bridgehead atoms. The molecule has 5 heteroatoms. The first-order valence-corrected chi connectivity index (χ1v) is 7.07. The zero-order valence-electron chi connectivity index (χ0n) is 9.69. The fraction of sp³-hybridized carbons (Fsp3) is 0.231. The van der Waals surface area contributed by atoms with Crippen molar-refractivity contribution in [1.29, 1.82) is 0 Å². The first-order chi connectivity index (χ1) is 8.56. The molecule has 2 aromatic rings. The van der Waals surface area contributed by atoms with Gasteiger partial charge >= 0.3 is 0 Å². The van der Waals surface area contributed by atoms with Crippen LogP contribution in [0.2, 0.25) is 0 Å². The van der Waals surface area contributed by atoms with Crippen molar-refractivity contribution in [2.75, 3.05) is 0 Å². The molecule has 0 fully saturated rings. The second kappa shape index (κ2) is 5.82. The van der Waals surface area contributed by atoms with Crippen LogP contribution in [0.15, 0.2) is 34.1 Å². The Morgan fingerprint density at radius 1 is 1.44 bits per heavy atom. The minimum atomic E-state index is -0.759. The Hall–Kier alpha value is -0.910. The highest BCUT2D eigenvalue weighted by atomic mass is 79.9. The summed E-state index contributed by atoms with van der Waals surface area (Å²) in [6.07, 6.45) is -0.759. The summed E-state index contributed by atoms with van der Waals surface area (Å²) in [4.78, 5) is 1.06. The average Bonchev–Trinajstić information content (AvgIpc) is 2.73. The molecular formula is C13H12BrFO2S. The normalized spacial score (nSPS) is 12.4. The van der Waals surface area contributed by atoms with Gasteiger partial charge in [0, 0.05) is 20.3 Å². The molecule has 0 aliphatic rings. The van der Waals surface area contributed by atoms with Crippen molar-refractivity contribution in [3.05, 3.63) is 50.4 Å². The molecule has 18 heavy (non-hydrogen) atoms. The van der Waals surface area contributed by atoms with E-state index >= 15 is 0 Å². The minimum Gasteiger partial charge on any atom is -0.488 e. The van der Waals surface area contributed by atoms with Gasteiger partial charge in [-0.15, -0.1) is 11.3 Å². The average molecular weight is 331 g/mol. The number of aliphatic hydroxyl groups is 1. The molecule has 0 saturated heterocycles. The van der Waals surface area contributed by atoms with Gasteiger partial charge in [-0.3, -0.25) is 0 Å². The van der Waals surface area contributed by atoms with Crippen molar-refractivity contribution < 1.29 is 14.2 Å². The van der Waals surface area contributed by atoms with Crippen LogP contribution >= 0.6 is 27.3 Å². The highest BCUT2D eigenvalue weighted by molar-refractivity contribution is 9.10. The van der Waals surface area contributed by atoms with Crippen LogP contribution in [0.5, 0.6) is 5.75 Å². The lowest BCUT2D eigenvalue weighted by atomic mass is 10.1. The van der Waals surface area contributed by atoms with E-state index in [4.69, 9.17) is 4.74 Å². The Morgan fingerprint density at radius 2 is 2.22 bits per heavy atom. The first-order valence-electron chi connectivity index (χ1n) is 5.39. The van der Waals surface area contributed by atoms with Crippen LogP contribution in [0.3, 0.4) is 0 Å². The number of halogens is 2. The molecule has 0 aliphatic heterocycles. The lowest BCUT2D eigenvalue weighted by Gasteiger charge is -2.12. The van der Waals surface area contributed by atoms with Crippen molar-refractivity contribution >= 4 is 27.3 Å². The van der Waals surface area contributed by atoms with Crippen LogP contribution in [0.1, 0.15) is 23.5 Å². The van der Waals surface area contributed by atoms with E-state index in [1.54, 1.807) is 24.3 Å². The predicted octanol–water partition coefficient (Wildman–Crippen LogP) is 4.28. The molecule has 0 amide bonds. The number of aliphatic hydroxyl groups excluding tert-OH is 1. The zero-order chi connectivity index (χ0) is 13.1. The number of hydrogen-bond acceptors (Lipinski definition) is 3. The van der Waals surface area contributed by atoms with E-state index in [0.29, 0.717) is 17.9 Å². The third-order valence-corrected chi connectivity index (χ3v) is 4.08. The van der Waals surface area contributed by atoms with E-state index in [9.17, 15) is 9.50 Å². The van der Waals surface area contributed by atoms with Crippen LogP contribution in [-0.4, -0.2) is 5.11 Å². The standard InChI is InChI=1S/C13H12BrFO2S/c1-8(16)12-5-10(15)2-3-13(12)17-6-11-4-9(14)7-18-11/h2-5,7-8,16H,6H2,1H3. The Kier molecular flexibility index (Phi) is 4.37. The SMILES string of the molecule is CC(O)c1cc(F)ccc1OCc1cc(Br)cs1. The summed E-state index contributed by atoms with van der Waals surface area (Å²) in [5.41, 5.74) is 0.464. The fourth-order valence-electron chi connectivity index (χ4n) is 1.56. The lowest BCUT2D eigenvalue weighted by Crippen LogP contribution is -2.00. The van der Waals surface area contributed by atoms with E-state index < -0.39 is 6.10 Å². The number of benzene rings is 1. The maximum absolute atomic E-state index is 13.1. The number of thiophene rings is 1. The molecule has 0 aliphatic carbocycles. The van der Waals surface area contributed by atoms with Gasteiger partial charge in [0.2, 0.25) is 0 Å². The third kappa shape index (κ3) is 3.31. The molecule has 1 unspecified atom stereocenters. The van der Waals surface area contributed by atoms with Crippen LogP contribution in [0.4, 0.5) is 4.39 Å². The predicted molar refractivity (Wildman–Crippen MR) is 73.4 cm³/mol. The Balaban J connectivity index is 2.13. The van der Waals surface area contributed by atoms with Crippen LogP contribution in [0, 0.1) is 5.82 Å². The molecule has 1 N–H and O–H groups in total. The van der Waals surface area contributed by atoms with Gasteiger partial charge < -0.3 is 9.84 Å². The van der Waals surface area contributed by atoms with Gasteiger partial charge in [-0.1, -0.05) is 0 Å². The topological polar surface area (TPSA) is 29.5 Å². The molecule has 96 valence electrons. The molecule has 0 radical (unpaired) electrons. The number of rotatable bonds is 4. The fourth-order valence-corrected chi connectivity index (χ4v) is 2.92. The van der Waals surface area contributed by atoms with Crippen molar-refractivity contribution in [2.45, 2.75) is 19.6 Å². The Bertz CT molecular complexity index is 540.